The maximum Gasteiger partial charge on any atom is 0.243 e. The number of imidazole rings is 1. The third kappa shape index (κ3) is 5.56. The number of carbonyl (C=O) groups excluding carboxylic acids is 3. The first kappa shape index (κ1) is 25.9. The number of benzene rings is 2. The van der Waals surface area contributed by atoms with Crippen molar-refractivity contribution in [1.82, 2.24) is 25.5 Å². The lowest BCUT2D eigenvalue weighted by molar-refractivity contribution is -0.138. The zero-order valence-electron chi connectivity index (χ0n) is 21.7. The molecule has 38 heavy (non-hydrogen) atoms. The molecule has 3 N–H and O–H groups in total. The fourth-order valence-corrected chi connectivity index (χ4v) is 5.41. The van der Waals surface area contributed by atoms with E-state index in [1.54, 1.807) is 19.1 Å². The van der Waals surface area contributed by atoms with Crippen LogP contribution in [0.1, 0.15) is 69.3 Å². The Hall–Kier alpha value is -3.75. The topological polar surface area (TPSA) is 107 Å². The summed E-state index contributed by atoms with van der Waals surface area (Å²) in [5.74, 6) is -1.02. The highest BCUT2D eigenvalue weighted by Gasteiger charge is 2.45. The van der Waals surface area contributed by atoms with E-state index in [2.05, 4.69) is 20.6 Å². The van der Waals surface area contributed by atoms with Crippen LogP contribution >= 0.6 is 0 Å². The molecule has 200 valence electrons. The fourth-order valence-electron chi connectivity index (χ4n) is 5.41. The summed E-state index contributed by atoms with van der Waals surface area (Å²) < 4.78 is 14.1. The molecule has 1 aromatic heterocycles. The second kappa shape index (κ2) is 10.9. The van der Waals surface area contributed by atoms with Crippen molar-refractivity contribution < 1.29 is 18.8 Å². The van der Waals surface area contributed by atoms with E-state index in [1.165, 1.54) is 6.07 Å². The molecule has 1 saturated heterocycles. The number of aromatic nitrogens is 2. The van der Waals surface area contributed by atoms with Crippen molar-refractivity contribution in [1.29, 1.82) is 0 Å². The van der Waals surface area contributed by atoms with Crippen LogP contribution in [0.5, 0.6) is 0 Å². The molecular weight excluding hydrogens is 485 g/mol. The largest absolute Gasteiger partial charge is 0.345 e. The second-order valence-corrected chi connectivity index (χ2v) is 10.5. The molecule has 2 heterocycles. The maximum atomic E-state index is 14.1. The van der Waals surface area contributed by atoms with Gasteiger partial charge in [0.05, 0.1) is 18.0 Å². The molecule has 3 aromatic rings. The van der Waals surface area contributed by atoms with Gasteiger partial charge in [0.2, 0.25) is 17.7 Å². The number of carbonyl (C=O) groups is 3. The van der Waals surface area contributed by atoms with Crippen molar-refractivity contribution in [2.45, 2.75) is 70.0 Å². The Morgan fingerprint density at radius 2 is 1.89 bits per heavy atom. The summed E-state index contributed by atoms with van der Waals surface area (Å²) >= 11 is 0. The molecule has 1 aliphatic carbocycles. The molecule has 0 radical (unpaired) electrons. The van der Waals surface area contributed by atoms with Crippen LogP contribution < -0.4 is 10.6 Å². The van der Waals surface area contributed by atoms with Crippen LogP contribution in [0.2, 0.25) is 0 Å². The standard InChI is InChI=1S/C29H34FN5O3/c1-17-9-6-7-14-35(17)25(36)16-24(33-28(37)21-15-20(21)19-10-4-3-5-11-19)29(38)31-18(2)27-32-23-13-8-12-22(30)26(23)34-27/h3-5,8,10-13,17-18,20-21,24H,6-7,9,14-16H2,1-2H3,(H,31,38)(H,32,34)(H,33,37)/t17?,18-,20+,21-,24?/m0/s1. The van der Waals surface area contributed by atoms with E-state index in [4.69, 9.17) is 0 Å². The van der Waals surface area contributed by atoms with Gasteiger partial charge in [-0.1, -0.05) is 36.4 Å². The minimum absolute atomic E-state index is 0.103. The molecular formula is C29H34FN5O3. The summed E-state index contributed by atoms with van der Waals surface area (Å²) in [5.41, 5.74) is 1.82. The number of halogens is 1. The number of fused-ring (bicyclic) bond motifs is 1. The zero-order valence-corrected chi connectivity index (χ0v) is 21.7. The number of hydrogen-bond acceptors (Lipinski definition) is 4. The molecule has 2 aliphatic rings. The predicted octanol–water partition coefficient (Wildman–Crippen LogP) is 3.96. The molecule has 8 nitrogen and oxygen atoms in total. The van der Waals surface area contributed by atoms with Crippen LogP contribution in [0.3, 0.4) is 0 Å². The van der Waals surface area contributed by atoms with Crippen LogP contribution in [0.15, 0.2) is 48.5 Å². The molecule has 0 bridgehead atoms. The summed E-state index contributed by atoms with van der Waals surface area (Å²) in [6, 6.07) is 13.0. The van der Waals surface area contributed by atoms with Gasteiger partial charge in [-0.25, -0.2) is 9.37 Å². The number of aromatic amines is 1. The monoisotopic (exact) mass is 519 g/mol. The highest BCUT2D eigenvalue weighted by atomic mass is 19.1. The second-order valence-electron chi connectivity index (χ2n) is 10.5. The Morgan fingerprint density at radius 1 is 1.11 bits per heavy atom. The summed E-state index contributed by atoms with van der Waals surface area (Å²) in [6.45, 7) is 4.40. The minimum atomic E-state index is -1.02. The Bertz CT molecular complexity index is 1330. The molecule has 5 atom stereocenters. The van der Waals surface area contributed by atoms with E-state index in [1.807, 2.05) is 42.2 Å². The smallest absolute Gasteiger partial charge is 0.243 e. The molecule has 2 aromatic carbocycles. The van der Waals surface area contributed by atoms with Crippen molar-refractivity contribution in [3.8, 4) is 0 Å². The first-order chi connectivity index (χ1) is 18.3. The summed E-state index contributed by atoms with van der Waals surface area (Å²) in [5, 5.41) is 5.73. The van der Waals surface area contributed by atoms with Gasteiger partial charge >= 0.3 is 0 Å². The number of likely N-dealkylation sites (tertiary alicyclic amines) is 1. The lowest BCUT2D eigenvalue weighted by atomic mass is 10.0. The normalized spacial score (nSPS) is 22.5. The fraction of sp³-hybridized carbons (Fsp3) is 0.448. The molecule has 2 unspecified atom stereocenters. The lowest BCUT2D eigenvalue weighted by Gasteiger charge is -2.34. The predicted molar refractivity (Wildman–Crippen MR) is 141 cm³/mol. The van der Waals surface area contributed by atoms with E-state index in [0.717, 1.165) is 24.8 Å². The first-order valence-corrected chi connectivity index (χ1v) is 13.4. The van der Waals surface area contributed by atoms with Crippen molar-refractivity contribution >= 4 is 28.8 Å². The maximum absolute atomic E-state index is 14.1. The molecule has 1 saturated carbocycles. The average molecular weight is 520 g/mol. The average Bonchev–Trinajstić information content (AvgIpc) is 3.59. The van der Waals surface area contributed by atoms with Crippen LogP contribution in [0.4, 0.5) is 4.39 Å². The van der Waals surface area contributed by atoms with Crippen molar-refractivity contribution in [2.24, 2.45) is 5.92 Å². The third-order valence-electron chi connectivity index (χ3n) is 7.74. The van der Waals surface area contributed by atoms with Crippen molar-refractivity contribution in [2.75, 3.05) is 6.54 Å². The number of piperidine rings is 1. The van der Waals surface area contributed by atoms with E-state index in [9.17, 15) is 18.8 Å². The Morgan fingerprint density at radius 3 is 2.63 bits per heavy atom. The Labute approximate surface area is 221 Å². The van der Waals surface area contributed by atoms with E-state index in [0.29, 0.717) is 24.3 Å². The quantitative estimate of drug-likeness (QED) is 0.419. The van der Waals surface area contributed by atoms with Gasteiger partial charge < -0.3 is 20.5 Å². The van der Waals surface area contributed by atoms with E-state index < -0.39 is 23.8 Å². The molecule has 3 amide bonds. The number of H-pyrrole nitrogens is 1. The number of hydrogen-bond donors (Lipinski definition) is 3. The van der Waals surface area contributed by atoms with Gasteiger partial charge in [0, 0.05) is 18.5 Å². The molecule has 0 spiro atoms. The molecule has 9 heteroatoms. The molecule has 2 fully saturated rings. The summed E-state index contributed by atoms with van der Waals surface area (Å²) in [4.78, 5) is 49.0. The number of para-hydroxylation sites is 1. The van der Waals surface area contributed by atoms with Gasteiger partial charge in [-0.3, -0.25) is 14.4 Å². The van der Waals surface area contributed by atoms with Crippen LogP contribution in [0, 0.1) is 11.7 Å². The van der Waals surface area contributed by atoms with Gasteiger partial charge in [-0.05, 0) is 63.1 Å². The summed E-state index contributed by atoms with van der Waals surface area (Å²) in [6.07, 6.45) is 3.52. The zero-order chi connectivity index (χ0) is 26.8. The SMILES string of the molecule is CC1CCCCN1C(=O)CC(NC(=O)[C@H]1C[C@@H]1c1ccccc1)C(=O)N[C@@H](C)c1nc2c(F)cccc2[nH]1. The van der Waals surface area contributed by atoms with Gasteiger partial charge in [0.15, 0.2) is 5.82 Å². The van der Waals surface area contributed by atoms with Crippen molar-refractivity contribution in [3.63, 3.8) is 0 Å². The van der Waals surface area contributed by atoms with Crippen LogP contribution in [-0.4, -0.2) is 51.2 Å². The third-order valence-corrected chi connectivity index (χ3v) is 7.74. The number of nitrogens with zero attached hydrogens (tertiary/aromatic N) is 2. The van der Waals surface area contributed by atoms with Gasteiger partial charge in [-0.15, -0.1) is 0 Å². The van der Waals surface area contributed by atoms with Gasteiger partial charge in [0.25, 0.3) is 0 Å². The highest BCUT2D eigenvalue weighted by Crippen LogP contribution is 2.47. The lowest BCUT2D eigenvalue weighted by Crippen LogP contribution is -2.52. The minimum Gasteiger partial charge on any atom is -0.345 e. The van der Waals surface area contributed by atoms with Crippen LogP contribution in [0.25, 0.3) is 11.0 Å². The van der Waals surface area contributed by atoms with E-state index in [-0.39, 0.29) is 41.6 Å². The summed E-state index contributed by atoms with van der Waals surface area (Å²) in [7, 11) is 0. The molecule has 1 aliphatic heterocycles. The first-order valence-electron chi connectivity index (χ1n) is 13.4. The van der Waals surface area contributed by atoms with Crippen molar-refractivity contribution in [3.05, 3.63) is 65.7 Å². The Kier molecular flexibility index (Phi) is 7.44. The van der Waals surface area contributed by atoms with Gasteiger partial charge in [0.1, 0.15) is 17.4 Å². The van der Waals surface area contributed by atoms with E-state index >= 15 is 0 Å². The Balaban J connectivity index is 1.29. The highest BCUT2D eigenvalue weighted by molar-refractivity contribution is 5.93. The number of rotatable bonds is 8. The van der Waals surface area contributed by atoms with Gasteiger partial charge in [-0.2, -0.15) is 0 Å². The van der Waals surface area contributed by atoms with Crippen LogP contribution in [-0.2, 0) is 14.4 Å². The molecule has 5 rings (SSSR count). The number of nitrogens with one attached hydrogen (secondary N) is 3. The number of amides is 3.